The van der Waals surface area contributed by atoms with E-state index >= 15 is 0 Å². The monoisotopic (exact) mass is 309 g/mol. The molecule has 1 aliphatic rings. The van der Waals surface area contributed by atoms with Crippen molar-refractivity contribution in [2.24, 2.45) is 0 Å². The minimum Gasteiger partial charge on any atom is -0.294 e. The molecule has 0 radical (unpaired) electrons. The number of benzene rings is 2. The molecule has 0 amide bonds. The van der Waals surface area contributed by atoms with Crippen LogP contribution in [0.2, 0.25) is 0 Å². The number of fused-ring (bicyclic) bond motifs is 1. The van der Waals surface area contributed by atoms with Crippen LogP contribution in [0, 0.1) is 0 Å². The van der Waals surface area contributed by atoms with E-state index in [1.54, 1.807) is 0 Å². The van der Waals surface area contributed by atoms with E-state index in [0.29, 0.717) is 13.0 Å². The van der Waals surface area contributed by atoms with Gasteiger partial charge in [0.1, 0.15) is 0 Å². The predicted octanol–water partition coefficient (Wildman–Crippen LogP) is 4.42. The van der Waals surface area contributed by atoms with Gasteiger partial charge in [-0.1, -0.05) is 42.5 Å². The van der Waals surface area contributed by atoms with Gasteiger partial charge in [-0.2, -0.15) is 0 Å². The van der Waals surface area contributed by atoms with Gasteiger partial charge in [-0.15, -0.1) is 0 Å². The summed E-state index contributed by atoms with van der Waals surface area (Å²) >= 11 is 0. The van der Waals surface area contributed by atoms with Gasteiger partial charge >= 0.3 is 0 Å². The second kappa shape index (κ2) is 7.42. The molecular weight excluding hydrogens is 286 g/mol. The standard InChI is InChI=1S/C20H23NO2/c1-16(8-7-11-17-9-3-2-4-10-17)23-21-15-14-20(22)18-12-5-6-13-19(18)21/h2-6,9-10,12-13,16H,7-8,11,14-15H2,1H3. The predicted molar refractivity (Wildman–Crippen MR) is 92.7 cm³/mol. The van der Waals surface area contributed by atoms with Crippen LogP contribution in [-0.4, -0.2) is 18.4 Å². The van der Waals surface area contributed by atoms with Crippen molar-refractivity contribution >= 4 is 11.5 Å². The first-order chi connectivity index (χ1) is 11.2. The van der Waals surface area contributed by atoms with Gasteiger partial charge in [-0.3, -0.25) is 14.7 Å². The summed E-state index contributed by atoms with van der Waals surface area (Å²) in [6, 6.07) is 18.2. The minimum absolute atomic E-state index is 0.139. The van der Waals surface area contributed by atoms with Crippen LogP contribution in [0.15, 0.2) is 54.6 Å². The molecule has 1 atom stereocenters. The van der Waals surface area contributed by atoms with E-state index in [1.165, 1.54) is 5.56 Å². The first kappa shape index (κ1) is 15.8. The number of aryl methyl sites for hydroxylation is 1. The summed E-state index contributed by atoms with van der Waals surface area (Å²) in [6.45, 7) is 2.74. The Kier molecular flexibility index (Phi) is 5.09. The van der Waals surface area contributed by atoms with Gasteiger partial charge in [0.15, 0.2) is 5.78 Å². The van der Waals surface area contributed by atoms with E-state index < -0.39 is 0 Å². The number of rotatable bonds is 6. The molecule has 0 aromatic heterocycles. The third-order valence-corrected chi connectivity index (χ3v) is 4.24. The normalized spacial score (nSPS) is 15.3. The van der Waals surface area contributed by atoms with Crippen LogP contribution in [-0.2, 0) is 11.3 Å². The number of para-hydroxylation sites is 1. The van der Waals surface area contributed by atoms with Crippen LogP contribution in [0.4, 0.5) is 5.69 Å². The summed E-state index contributed by atoms with van der Waals surface area (Å²) in [6.07, 6.45) is 3.83. The van der Waals surface area contributed by atoms with Crippen molar-refractivity contribution < 1.29 is 9.63 Å². The van der Waals surface area contributed by atoms with E-state index in [4.69, 9.17) is 4.84 Å². The van der Waals surface area contributed by atoms with Crippen molar-refractivity contribution in [2.75, 3.05) is 11.6 Å². The van der Waals surface area contributed by atoms with Crippen LogP contribution in [0.5, 0.6) is 0 Å². The quantitative estimate of drug-likeness (QED) is 0.791. The molecule has 0 saturated heterocycles. The van der Waals surface area contributed by atoms with E-state index in [-0.39, 0.29) is 11.9 Å². The lowest BCUT2D eigenvalue weighted by Crippen LogP contribution is -2.35. The lowest BCUT2D eigenvalue weighted by molar-refractivity contribution is 0.0344. The number of nitrogens with zero attached hydrogens (tertiary/aromatic N) is 1. The Hall–Kier alpha value is -2.13. The molecule has 23 heavy (non-hydrogen) atoms. The van der Waals surface area contributed by atoms with Crippen molar-refractivity contribution in [1.82, 2.24) is 0 Å². The summed E-state index contributed by atoms with van der Waals surface area (Å²) in [5.41, 5.74) is 3.04. The van der Waals surface area contributed by atoms with E-state index in [2.05, 4.69) is 31.2 Å². The maximum absolute atomic E-state index is 12.0. The molecule has 3 heteroatoms. The summed E-state index contributed by atoms with van der Waals surface area (Å²) < 4.78 is 0. The molecule has 1 unspecified atom stereocenters. The zero-order chi connectivity index (χ0) is 16.1. The van der Waals surface area contributed by atoms with Crippen LogP contribution in [0.25, 0.3) is 0 Å². The highest BCUT2D eigenvalue weighted by atomic mass is 16.7. The smallest absolute Gasteiger partial charge is 0.166 e. The number of Topliss-reactive ketones (excluding diaryl/α,β-unsaturated/α-hetero) is 1. The Morgan fingerprint density at radius 1 is 1.09 bits per heavy atom. The summed E-state index contributed by atoms with van der Waals surface area (Å²) in [5.74, 6) is 0.206. The summed E-state index contributed by atoms with van der Waals surface area (Å²) in [7, 11) is 0. The molecule has 0 bridgehead atoms. The van der Waals surface area contributed by atoms with Gasteiger partial charge in [-0.05, 0) is 43.9 Å². The Morgan fingerprint density at radius 2 is 1.83 bits per heavy atom. The molecule has 3 rings (SSSR count). The van der Waals surface area contributed by atoms with E-state index in [9.17, 15) is 4.79 Å². The van der Waals surface area contributed by atoms with Crippen molar-refractivity contribution in [3.05, 3.63) is 65.7 Å². The van der Waals surface area contributed by atoms with E-state index in [1.807, 2.05) is 35.4 Å². The zero-order valence-electron chi connectivity index (χ0n) is 13.6. The van der Waals surface area contributed by atoms with Crippen LogP contribution >= 0.6 is 0 Å². The molecule has 0 N–H and O–H groups in total. The topological polar surface area (TPSA) is 29.5 Å². The maximum atomic E-state index is 12.0. The fourth-order valence-electron chi connectivity index (χ4n) is 3.00. The van der Waals surface area contributed by atoms with Crippen molar-refractivity contribution in [3.8, 4) is 0 Å². The molecule has 0 saturated carbocycles. The lowest BCUT2D eigenvalue weighted by Gasteiger charge is -2.31. The molecule has 3 nitrogen and oxygen atoms in total. The van der Waals surface area contributed by atoms with Crippen LogP contribution in [0.1, 0.15) is 42.1 Å². The molecule has 2 aromatic carbocycles. The highest BCUT2D eigenvalue weighted by Crippen LogP contribution is 2.27. The Labute approximate surface area is 137 Å². The fraction of sp³-hybridized carbons (Fsp3) is 0.350. The highest BCUT2D eigenvalue weighted by Gasteiger charge is 2.24. The van der Waals surface area contributed by atoms with Gasteiger partial charge < -0.3 is 0 Å². The number of carbonyl (C=O) groups is 1. The maximum Gasteiger partial charge on any atom is 0.166 e. The minimum atomic E-state index is 0.139. The number of hydrogen-bond donors (Lipinski definition) is 0. The molecular formula is C20H23NO2. The second-order valence-electron chi connectivity index (χ2n) is 6.09. The average molecular weight is 309 g/mol. The SMILES string of the molecule is CC(CCCc1ccccc1)ON1CCC(=O)c2ccccc21. The number of ketones is 1. The van der Waals surface area contributed by atoms with Crippen molar-refractivity contribution in [3.63, 3.8) is 0 Å². The largest absolute Gasteiger partial charge is 0.294 e. The molecule has 1 aliphatic heterocycles. The number of carbonyl (C=O) groups excluding carboxylic acids is 1. The average Bonchev–Trinajstić information content (AvgIpc) is 2.59. The number of anilines is 1. The van der Waals surface area contributed by atoms with E-state index in [0.717, 1.165) is 30.5 Å². The first-order valence-corrected chi connectivity index (χ1v) is 8.34. The third kappa shape index (κ3) is 3.99. The van der Waals surface area contributed by atoms with Crippen molar-refractivity contribution in [2.45, 2.75) is 38.7 Å². The van der Waals surface area contributed by atoms with Gasteiger partial charge in [-0.25, -0.2) is 0 Å². The van der Waals surface area contributed by atoms with Gasteiger partial charge in [0.2, 0.25) is 0 Å². The fourth-order valence-corrected chi connectivity index (χ4v) is 3.00. The molecule has 0 spiro atoms. The Morgan fingerprint density at radius 3 is 2.65 bits per heavy atom. The van der Waals surface area contributed by atoms with Crippen LogP contribution in [0.3, 0.4) is 0 Å². The van der Waals surface area contributed by atoms with Crippen LogP contribution < -0.4 is 5.06 Å². The lowest BCUT2D eigenvalue weighted by atomic mass is 10.0. The Balaban J connectivity index is 1.53. The molecule has 2 aromatic rings. The van der Waals surface area contributed by atoms with Gasteiger partial charge in [0, 0.05) is 12.0 Å². The summed E-state index contributed by atoms with van der Waals surface area (Å²) in [4.78, 5) is 18.0. The number of hydrogen-bond acceptors (Lipinski definition) is 3. The van der Waals surface area contributed by atoms with Gasteiger partial charge in [0.05, 0.1) is 18.3 Å². The summed E-state index contributed by atoms with van der Waals surface area (Å²) in [5, 5.41) is 1.89. The molecule has 0 fully saturated rings. The zero-order valence-corrected chi connectivity index (χ0v) is 13.6. The molecule has 120 valence electrons. The second-order valence-corrected chi connectivity index (χ2v) is 6.09. The number of hydroxylamine groups is 1. The highest BCUT2D eigenvalue weighted by molar-refractivity contribution is 6.03. The third-order valence-electron chi connectivity index (χ3n) is 4.24. The van der Waals surface area contributed by atoms with Crippen molar-refractivity contribution in [1.29, 1.82) is 0 Å². The van der Waals surface area contributed by atoms with Gasteiger partial charge in [0.25, 0.3) is 0 Å². The molecule has 1 heterocycles. The molecule has 0 aliphatic carbocycles. The first-order valence-electron chi connectivity index (χ1n) is 8.34. The Bertz CT molecular complexity index is 654.